The number of carbonyl (C=O) groups is 1. The summed E-state index contributed by atoms with van der Waals surface area (Å²) in [5.41, 5.74) is 3.51. The van der Waals surface area contributed by atoms with Crippen molar-refractivity contribution in [2.45, 2.75) is 19.4 Å². The second-order valence-electron chi connectivity index (χ2n) is 7.12. The van der Waals surface area contributed by atoms with Crippen molar-refractivity contribution in [2.24, 2.45) is 5.92 Å². The van der Waals surface area contributed by atoms with Crippen LogP contribution in [0.5, 0.6) is 0 Å². The summed E-state index contributed by atoms with van der Waals surface area (Å²) < 4.78 is 7.07. The Bertz CT molecular complexity index is 931. The molecular weight excluding hydrogens is 352 g/mol. The van der Waals surface area contributed by atoms with Crippen LogP contribution in [0.3, 0.4) is 0 Å². The third-order valence-electron chi connectivity index (χ3n) is 4.89. The monoisotopic (exact) mass is 376 g/mol. The molecule has 2 heterocycles. The molecule has 1 aliphatic rings. The van der Waals surface area contributed by atoms with Crippen molar-refractivity contribution in [1.29, 1.82) is 0 Å². The summed E-state index contributed by atoms with van der Waals surface area (Å²) in [7, 11) is 1.62. The lowest BCUT2D eigenvalue weighted by molar-refractivity contribution is 0.0927. The number of hydrogen-bond donors (Lipinski definition) is 1. The summed E-state index contributed by atoms with van der Waals surface area (Å²) in [5, 5.41) is 2.91. The lowest BCUT2D eigenvalue weighted by Gasteiger charge is -2.08. The molecule has 4 rings (SSSR count). The zero-order valence-corrected chi connectivity index (χ0v) is 16.0. The van der Waals surface area contributed by atoms with Gasteiger partial charge in [-0.05, 0) is 24.8 Å². The fraction of sp³-hybridized carbons (Fsp3) is 0.318. The van der Waals surface area contributed by atoms with E-state index >= 15 is 0 Å². The number of aromatic nitrogens is 3. The van der Waals surface area contributed by atoms with E-state index in [4.69, 9.17) is 4.74 Å². The van der Waals surface area contributed by atoms with Gasteiger partial charge >= 0.3 is 0 Å². The maximum absolute atomic E-state index is 12.6. The van der Waals surface area contributed by atoms with E-state index in [-0.39, 0.29) is 5.91 Å². The molecule has 0 radical (unpaired) electrons. The minimum absolute atomic E-state index is 0.0780. The van der Waals surface area contributed by atoms with Gasteiger partial charge in [0, 0.05) is 55.5 Å². The fourth-order valence-corrected chi connectivity index (χ4v) is 3.16. The van der Waals surface area contributed by atoms with Crippen LogP contribution in [0.1, 0.15) is 23.3 Å². The van der Waals surface area contributed by atoms with Crippen LogP contribution in [-0.2, 0) is 11.3 Å². The maximum atomic E-state index is 12.6. The number of methoxy groups -OCH3 is 1. The van der Waals surface area contributed by atoms with Crippen LogP contribution in [0.2, 0.25) is 0 Å². The molecule has 6 heteroatoms. The molecule has 1 saturated carbocycles. The van der Waals surface area contributed by atoms with Crippen molar-refractivity contribution >= 4 is 5.91 Å². The highest BCUT2D eigenvalue weighted by Gasteiger charge is 2.24. The van der Waals surface area contributed by atoms with Gasteiger partial charge in [0.1, 0.15) is 5.69 Å². The molecule has 0 aliphatic heterocycles. The number of nitrogens with one attached hydrogen (secondary N) is 1. The highest BCUT2D eigenvalue weighted by Crippen LogP contribution is 2.32. The number of rotatable bonds is 8. The Morgan fingerprint density at radius 2 is 1.89 bits per heavy atom. The van der Waals surface area contributed by atoms with Gasteiger partial charge in [-0.15, -0.1) is 0 Å². The van der Waals surface area contributed by atoms with Crippen LogP contribution in [0.25, 0.3) is 22.5 Å². The smallest absolute Gasteiger partial charge is 0.268 e. The van der Waals surface area contributed by atoms with Crippen LogP contribution in [0, 0.1) is 5.92 Å². The molecule has 2 aromatic heterocycles. The van der Waals surface area contributed by atoms with E-state index in [9.17, 15) is 4.79 Å². The number of carbonyl (C=O) groups excluding carboxylic acids is 1. The molecule has 6 nitrogen and oxygen atoms in total. The lowest BCUT2D eigenvalue weighted by Crippen LogP contribution is -2.29. The number of benzene rings is 1. The largest absolute Gasteiger partial charge is 0.383 e. The van der Waals surface area contributed by atoms with E-state index in [0.717, 1.165) is 23.2 Å². The molecular formula is C22H24N4O2. The van der Waals surface area contributed by atoms with Gasteiger partial charge in [-0.2, -0.15) is 0 Å². The molecule has 1 aromatic carbocycles. The molecule has 1 aliphatic carbocycles. The van der Waals surface area contributed by atoms with Gasteiger partial charge in [-0.1, -0.05) is 30.3 Å². The van der Waals surface area contributed by atoms with E-state index in [0.29, 0.717) is 30.6 Å². The zero-order chi connectivity index (χ0) is 19.3. The molecule has 0 saturated heterocycles. The van der Waals surface area contributed by atoms with Crippen LogP contribution in [0.4, 0.5) is 0 Å². The number of ether oxygens (including phenoxy) is 1. The van der Waals surface area contributed by atoms with E-state index in [2.05, 4.69) is 19.9 Å². The molecule has 0 bridgehead atoms. The number of hydrogen-bond acceptors (Lipinski definition) is 4. The summed E-state index contributed by atoms with van der Waals surface area (Å²) in [5.74, 6) is 1.28. The minimum Gasteiger partial charge on any atom is -0.383 e. The summed E-state index contributed by atoms with van der Waals surface area (Å²) >= 11 is 0. The third kappa shape index (κ3) is 4.28. The quantitative estimate of drug-likeness (QED) is 0.612. The maximum Gasteiger partial charge on any atom is 0.268 e. The summed E-state index contributed by atoms with van der Waals surface area (Å²) in [4.78, 5) is 21.6. The zero-order valence-electron chi connectivity index (χ0n) is 16.0. The average molecular weight is 376 g/mol. The summed E-state index contributed by atoms with van der Waals surface area (Å²) in [6.07, 6.45) is 8.13. The first-order chi connectivity index (χ1) is 13.7. The van der Waals surface area contributed by atoms with Crippen molar-refractivity contribution in [3.8, 4) is 22.5 Å². The van der Waals surface area contributed by atoms with Gasteiger partial charge in [0.2, 0.25) is 0 Å². The van der Waals surface area contributed by atoms with Gasteiger partial charge in [0.15, 0.2) is 5.82 Å². The van der Waals surface area contributed by atoms with Gasteiger partial charge in [0.25, 0.3) is 5.91 Å². The number of nitrogens with zero attached hydrogens (tertiary/aromatic N) is 3. The first-order valence-corrected chi connectivity index (χ1v) is 9.60. The summed E-state index contributed by atoms with van der Waals surface area (Å²) in [6, 6.07) is 11.8. The Labute approximate surface area is 164 Å². The first-order valence-electron chi connectivity index (χ1n) is 9.60. The van der Waals surface area contributed by atoms with Gasteiger partial charge in [-0.3, -0.25) is 4.79 Å². The van der Waals surface area contributed by atoms with Gasteiger partial charge < -0.3 is 14.6 Å². The molecule has 0 atom stereocenters. The highest BCUT2D eigenvalue weighted by atomic mass is 16.5. The van der Waals surface area contributed by atoms with Crippen LogP contribution in [-0.4, -0.2) is 40.7 Å². The molecule has 1 fully saturated rings. The first kappa shape index (κ1) is 18.4. The fourth-order valence-electron chi connectivity index (χ4n) is 3.16. The van der Waals surface area contributed by atoms with Crippen LogP contribution < -0.4 is 5.32 Å². The summed E-state index contributed by atoms with van der Waals surface area (Å²) in [6.45, 7) is 1.86. The Kier molecular flexibility index (Phi) is 5.48. The van der Waals surface area contributed by atoms with Crippen molar-refractivity contribution in [3.63, 3.8) is 0 Å². The van der Waals surface area contributed by atoms with Crippen LogP contribution in [0.15, 0.2) is 55.0 Å². The van der Waals surface area contributed by atoms with Crippen LogP contribution >= 0.6 is 0 Å². The van der Waals surface area contributed by atoms with Gasteiger partial charge in [-0.25, -0.2) is 9.97 Å². The van der Waals surface area contributed by atoms with Crippen molar-refractivity contribution in [1.82, 2.24) is 19.9 Å². The molecule has 0 spiro atoms. The average Bonchev–Trinajstić information content (AvgIpc) is 3.45. The van der Waals surface area contributed by atoms with E-state index in [1.54, 1.807) is 7.11 Å². The molecule has 28 heavy (non-hydrogen) atoms. The predicted octanol–water partition coefficient (Wildman–Crippen LogP) is 3.40. The minimum atomic E-state index is -0.0780. The predicted molar refractivity (Wildman–Crippen MR) is 108 cm³/mol. The van der Waals surface area contributed by atoms with E-state index < -0.39 is 0 Å². The highest BCUT2D eigenvalue weighted by molar-refractivity contribution is 5.94. The van der Waals surface area contributed by atoms with E-state index in [1.807, 2.05) is 55.0 Å². The van der Waals surface area contributed by atoms with Gasteiger partial charge in [0.05, 0.1) is 6.61 Å². The SMILES string of the molecule is COCCNC(=O)c1cc(-c2cnc(-c3ccccc3)nc2)cn1CC1CC1. The second kappa shape index (κ2) is 8.35. The topological polar surface area (TPSA) is 69.0 Å². The Morgan fingerprint density at radius 3 is 2.57 bits per heavy atom. The Hall–Kier alpha value is -2.99. The van der Waals surface area contributed by atoms with E-state index in [1.165, 1.54) is 12.8 Å². The second-order valence-corrected chi connectivity index (χ2v) is 7.12. The number of amides is 1. The molecule has 1 amide bonds. The Balaban J connectivity index is 1.57. The molecule has 1 N–H and O–H groups in total. The normalized spacial score (nSPS) is 13.5. The van der Waals surface area contributed by atoms with Crippen molar-refractivity contribution in [3.05, 3.63) is 60.7 Å². The molecule has 3 aromatic rings. The Morgan fingerprint density at radius 1 is 1.14 bits per heavy atom. The van der Waals surface area contributed by atoms with Crippen molar-refractivity contribution in [2.75, 3.05) is 20.3 Å². The third-order valence-corrected chi connectivity index (χ3v) is 4.89. The lowest BCUT2D eigenvalue weighted by atomic mass is 10.1. The van der Waals surface area contributed by atoms with Crippen molar-refractivity contribution < 1.29 is 9.53 Å². The molecule has 0 unspecified atom stereocenters. The standard InChI is InChI=1S/C22H24N4O2/c1-28-10-9-23-22(27)20-11-18(15-26(20)14-16-7-8-16)19-12-24-21(25-13-19)17-5-3-2-4-6-17/h2-6,11-13,15-16H,7-10,14H2,1H3,(H,23,27). The molecule has 144 valence electrons.